The van der Waals surface area contributed by atoms with Crippen LogP contribution in [0.15, 0.2) is 70.4 Å². The quantitative estimate of drug-likeness (QED) is 0.561. The van der Waals surface area contributed by atoms with Crippen molar-refractivity contribution in [1.29, 1.82) is 0 Å². The Kier molecular flexibility index (Phi) is 4.38. The summed E-state index contributed by atoms with van der Waals surface area (Å²) in [6.45, 7) is 1.78. The summed E-state index contributed by atoms with van der Waals surface area (Å²) in [5.41, 5.74) is 3.38. The first-order valence-corrected chi connectivity index (χ1v) is 7.34. The summed E-state index contributed by atoms with van der Waals surface area (Å²) >= 11 is 0. The summed E-state index contributed by atoms with van der Waals surface area (Å²) in [5.74, 6) is 0.362. The van der Waals surface area contributed by atoms with Crippen LogP contribution in [-0.2, 0) is 4.79 Å². The Balaban J connectivity index is 1.60. The van der Waals surface area contributed by atoms with E-state index >= 15 is 0 Å². The van der Waals surface area contributed by atoms with Crippen LogP contribution < -0.4 is 10.7 Å². The first-order valence-electron chi connectivity index (χ1n) is 7.34. The van der Waals surface area contributed by atoms with Crippen molar-refractivity contribution in [1.82, 2.24) is 5.43 Å². The highest BCUT2D eigenvalue weighted by Gasteiger charge is 2.11. The number of hydrogen-bond donors (Lipinski definition) is 2. The zero-order valence-corrected chi connectivity index (χ0v) is 12.7. The second-order valence-electron chi connectivity index (χ2n) is 5.18. The van der Waals surface area contributed by atoms with Crippen molar-refractivity contribution in [2.24, 2.45) is 5.10 Å². The number of hydrogen-bond acceptors (Lipinski definition) is 4. The lowest BCUT2D eigenvalue weighted by Crippen LogP contribution is -2.34. The molecule has 0 radical (unpaired) electrons. The van der Waals surface area contributed by atoms with Crippen molar-refractivity contribution in [2.45, 2.75) is 13.0 Å². The molecule has 116 valence electrons. The van der Waals surface area contributed by atoms with E-state index in [1.165, 1.54) is 11.6 Å². The number of hydrazone groups is 1. The average Bonchev–Trinajstić information content (AvgIpc) is 3.08. The second kappa shape index (κ2) is 6.79. The molecule has 3 aromatic rings. The molecule has 0 aliphatic rings. The number of nitrogens with one attached hydrogen (secondary N) is 2. The molecule has 0 saturated carbocycles. The van der Waals surface area contributed by atoms with E-state index in [-0.39, 0.29) is 5.91 Å². The van der Waals surface area contributed by atoms with Crippen LogP contribution in [0.2, 0.25) is 0 Å². The average molecular weight is 307 g/mol. The number of fused-ring (bicyclic) bond motifs is 1. The van der Waals surface area contributed by atoms with Crippen LogP contribution in [-0.4, -0.2) is 18.2 Å². The lowest BCUT2D eigenvalue weighted by molar-refractivity contribution is -0.121. The highest BCUT2D eigenvalue weighted by Crippen LogP contribution is 2.19. The molecule has 5 heteroatoms. The molecule has 0 spiro atoms. The topological polar surface area (TPSA) is 66.6 Å². The Morgan fingerprint density at radius 3 is 2.74 bits per heavy atom. The number of carbonyl (C=O) groups excluding carboxylic acids is 1. The van der Waals surface area contributed by atoms with Gasteiger partial charge in [0.2, 0.25) is 0 Å². The first-order chi connectivity index (χ1) is 11.2. The smallest absolute Gasteiger partial charge is 0.262 e. The summed E-state index contributed by atoms with van der Waals surface area (Å²) in [5, 5.41) is 9.33. The molecule has 2 aromatic carbocycles. The maximum atomic E-state index is 12.0. The van der Waals surface area contributed by atoms with Crippen LogP contribution >= 0.6 is 0 Å². The van der Waals surface area contributed by atoms with Crippen molar-refractivity contribution in [2.75, 3.05) is 5.32 Å². The number of rotatable bonds is 5. The SMILES string of the molecule is CC(Nc1ccc2ccccc2c1)C(=O)N/N=C/c1ccco1. The molecule has 1 heterocycles. The minimum absolute atomic E-state index is 0.221. The summed E-state index contributed by atoms with van der Waals surface area (Å²) in [7, 11) is 0. The van der Waals surface area contributed by atoms with Gasteiger partial charge in [-0.05, 0) is 42.0 Å². The molecule has 0 aliphatic heterocycles. The molecule has 0 saturated heterocycles. The molecule has 3 rings (SSSR count). The van der Waals surface area contributed by atoms with E-state index in [1.807, 2.05) is 36.4 Å². The van der Waals surface area contributed by atoms with Gasteiger partial charge >= 0.3 is 0 Å². The number of furan rings is 1. The number of anilines is 1. The molecular weight excluding hydrogens is 290 g/mol. The van der Waals surface area contributed by atoms with Crippen molar-refractivity contribution in [3.05, 3.63) is 66.6 Å². The van der Waals surface area contributed by atoms with Crippen molar-refractivity contribution in [3.8, 4) is 0 Å². The van der Waals surface area contributed by atoms with Crippen LogP contribution in [0, 0.1) is 0 Å². The third kappa shape index (κ3) is 3.77. The van der Waals surface area contributed by atoms with E-state index in [9.17, 15) is 4.79 Å². The molecule has 0 aliphatic carbocycles. The summed E-state index contributed by atoms with van der Waals surface area (Å²) < 4.78 is 5.10. The number of carbonyl (C=O) groups is 1. The van der Waals surface area contributed by atoms with Crippen LogP contribution in [0.25, 0.3) is 10.8 Å². The molecular formula is C18H17N3O2. The van der Waals surface area contributed by atoms with Gasteiger partial charge in [0.05, 0.1) is 12.5 Å². The lowest BCUT2D eigenvalue weighted by atomic mass is 10.1. The van der Waals surface area contributed by atoms with Crippen molar-refractivity contribution >= 4 is 28.6 Å². The summed E-state index contributed by atoms with van der Waals surface area (Å²) in [6, 6.07) is 17.2. The molecule has 1 atom stereocenters. The zero-order valence-electron chi connectivity index (χ0n) is 12.7. The molecule has 2 N–H and O–H groups in total. The third-order valence-corrected chi connectivity index (χ3v) is 3.44. The van der Waals surface area contributed by atoms with Gasteiger partial charge in [-0.2, -0.15) is 5.10 Å². The van der Waals surface area contributed by atoms with E-state index < -0.39 is 6.04 Å². The fourth-order valence-corrected chi connectivity index (χ4v) is 2.22. The van der Waals surface area contributed by atoms with E-state index in [0.717, 1.165) is 11.1 Å². The van der Waals surface area contributed by atoms with Crippen LogP contribution in [0.5, 0.6) is 0 Å². The van der Waals surface area contributed by atoms with Gasteiger partial charge < -0.3 is 9.73 Å². The highest BCUT2D eigenvalue weighted by molar-refractivity contribution is 5.88. The fraction of sp³-hybridized carbons (Fsp3) is 0.111. The van der Waals surface area contributed by atoms with Gasteiger partial charge in [0.25, 0.3) is 5.91 Å². The summed E-state index contributed by atoms with van der Waals surface area (Å²) in [6.07, 6.45) is 3.01. The minimum atomic E-state index is -0.412. The fourth-order valence-electron chi connectivity index (χ4n) is 2.22. The summed E-state index contributed by atoms with van der Waals surface area (Å²) in [4.78, 5) is 12.0. The van der Waals surface area contributed by atoms with E-state index in [0.29, 0.717) is 5.76 Å². The monoisotopic (exact) mass is 307 g/mol. The molecule has 1 amide bonds. The van der Waals surface area contributed by atoms with Crippen molar-refractivity contribution in [3.63, 3.8) is 0 Å². The van der Waals surface area contributed by atoms with E-state index in [4.69, 9.17) is 4.42 Å². The molecule has 0 bridgehead atoms. The van der Waals surface area contributed by atoms with Gasteiger partial charge in [-0.3, -0.25) is 4.79 Å². The van der Waals surface area contributed by atoms with Gasteiger partial charge in [0.15, 0.2) is 0 Å². The van der Waals surface area contributed by atoms with Gasteiger partial charge in [-0.1, -0.05) is 30.3 Å². The number of amides is 1. The second-order valence-corrected chi connectivity index (χ2v) is 5.18. The number of benzene rings is 2. The molecule has 1 aromatic heterocycles. The maximum absolute atomic E-state index is 12.0. The predicted octanol–water partition coefficient (Wildman–Crippen LogP) is 3.38. The first kappa shape index (κ1) is 14.8. The molecule has 0 fully saturated rings. The molecule has 5 nitrogen and oxygen atoms in total. The Morgan fingerprint density at radius 2 is 1.96 bits per heavy atom. The van der Waals surface area contributed by atoms with Crippen LogP contribution in [0.1, 0.15) is 12.7 Å². The largest absolute Gasteiger partial charge is 0.463 e. The van der Waals surface area contributed by atoms with Gasteiger partial charge in [-0.15, -0.1) is 0 Å². The third-order valence-electron chi connectivity index (χ3n) is 3.44. The molecule has 23 heavy (non-hydrogen) atoms. The van der Waals surface area contributed by atoms with Gasteiger partial charge in [0, 0.05) is 5.69 Å². The Morgan fingerprint density at radius 1 is 1.13 bits per heavy atom. The van der Waals surface area contributed by atoms with Crippen LogP contribution in [0.4, 0.5) is 5.69 Å². The molecule has 1 unspecified atom stereocenters. The Hall–Kier alpha value is -3.08. The van der Waals surface area contributed by atoms with Crippen molar-refractivity contribution < 1.29 is 9.21 Å². The number of nitrogens with zero attached hydrogens (tertiary/aromatic N) is 1. The Labute approximate surface area is 134 Å². The Bertz CT molecular complexity index is 825. The van der Waals surface area contributed by atoms with E-state index in [1.54, 1.807) is 25.3 Å². The van der Waals surface area contributed by atoms with E-state index in [2.05, 4.69) is 21.9 Å². The lowest BCUT2D eigenvalue weighted by Gasteiger charge is -2.14. The van der Waals surface area contributed by atoms with Gasteiger partial charge in [-0.25, -0.2) is 5.43 Å². The standard InChI is InChI=1S/C18H17N3O2/c1-13(18(22)21-19-12-17-7-4-10-23-17)20-16-9-8-14-5-2-3-6-15(14)11-16/h2-13,20H,1H3,(H,21,22)/b19-12+. The maximum Gasteiger partial charge on any atom is 0.262 e. The van der Waals surface area contributed by atoms with Crippen LogP contribution in [0.3, 0.4) is 0 Å². The normalized spacial score (nSPS) is 12.4. The predicted molar refractivity (Wildman–Crippen MR) is 91.5 cm³/mol. The zero-order chi connectivity index (χ0) is 16.1. The highest BCUT2D eigenvalue weighted by atomic mass is 16.3. The minimum Gasteiger partial charge on any atom is -0.463 e. The van der Waals surface area contributed by atoms with Gasteiger partial charge in [0.1, 0.15) is 11.8 Å².